The molecule has 2 aromatic heterocycles. The summed E-state index contributed by atoms with van der Waals surface area (Å²) in [5.74, 6) is -1.03. The van der Waals surface area contributed by atoms with Gasteiger partial charge in [0.05, 0.1) is 0 Å². The van der Waals surface area contributed by atoms with E-state index in [1.54, 1.807) is 6.92 Å². The van der Waals surface area contributed by atoms with Crippen molar-refractivity contribution in [3.05, 3.63) is 45.3 Å². The van der Waals surface area contributed by atoms with Gasteiger partial charge in [0.2, 0.25) is 5.72 Å². The molecule has 0 amide bonds. The lowest BCUT2D eigenvalue weighted by molar-refractivity contribution is -0.174. The van der Waals surface area contributed by atoms with E-state index in [-0.39, 0.29) is 12.2 Å². The molecule has 0 aliphatic carbocycles. The maximum Gasteiger partial charge on any atom is 0.351 e. The highest BCUT2D eigenvalue weighted by Gasteiger charge is 2.53. The van der Waals surface area contributed by atoms with Gasteiger partial charge >= 0.3 is 17.6 Å². The van der Waals surface area contributed by atoms with Gasteiger partial charge in [0.25, 0.3) is 0 Å². The molecule has 0 bridgehead atoms. The van der Waals surface area contributed by atoms with Crippen molar-refractivity contribution >= 4 is 11.9 Å². The molecular weight excluding hydrogens is 400 g/mol. The summed E-state index contributed by atoms with van der Waals surface area (Å²) in [4.78, 5) is 46.0. The van der Waals surface area contributed by atoms with Gasteiger partial charge in [-0.15, -0.1) is 0 Å². The number of nitrogens with zero attached hydrogens (tertiary/aromatic N) is 8. The number of hydrogen-bond donors (Lipinski definition) is 0. The van der Waals surface area contributed by atoms with Gasteiger partial charge in [-0.25, -0.2) is 14.5 Å². The molecule has 0 saturated carbocycles. The van der Waals surface area contributed by atoms with Crippen molar-refractivity contribution < 1.29 is 23.8 Å². The summed E-state index contributed by atoms with van der Waals surface area (Å²) in [7, 11) is 0. The van der Waals surface area contributed by atoms with Crippen LogP contribution in [0.15, 0.2) is 28.8 Å². The van der Waals surface area contributed by atoms with E-state index in [4.69, 9.17) is 19.7 Å². The third kappa shape index (κ3) is 4.14. The topological polar surface area (TPSA) is 176 Å². The number of azide groups is 1. The van der Waals surface area contributed by atoms with E-state index in [1.165, 1.54) is 35.0 Å². The molecule has 0 radical (unpaired) electrons. The zero-order valence-corrected chi connectivity index (χ0v) is 16.3. The molecule has 1 fully saturated rings. The number of aryl methyl sites for hydroxylation is 1. The Morgan fingerprint density at radius 1 is 1.43 bits per heavy atom. The fourth-order valence-corrected chi connectivity index (χ4v) is 3.08. The first kappa shape index (κ1) is 21.0. The van der Waals surface area contributed by atoms with Crippen LogP contribution in [-0.2, 0) is 23.8 Å². The van der Waals surface area contributed by atoms with Gasteiger partial charge in [0, 0.05) is 36.9 Å². The number of ether oxygens (including phenoxy) is 3. The number of carbonyl (C=O) groups is 2. The smallest absolute Gasteiger partial charge is 0.351 e. The van der Waals surface area contributed by atoms with Crippen molar-refractivity contribution in [1.82, 2.24) is 24.3 Å². The normalized spacial score (nSPS) is 22.9. The molecule has 0 spiro atoms. The number of rotatable bonds is 6. The van der Waals surface area contributed by atoms with E-state index < -0.39 is 42.3 Å². The van der Waals surface area contributed by atoms with Crippen LogP contribution in [-0.4, -0.2) is 54.7 Å². The monoisotopic (exact) mass is 418 g/mol. The summed E-state index contributed by atoms with van der Waals surface area (Å²) in [6.45, 7) is 3.54. The lowest BCUT2D eigenvalue weighted by Gasteiger charge is -2.28. The average molecular weight is 418 g/mol. The molecule has 3 atom stereocenters. The van der Waals surface area contributed by atoms with E-state index in [2.05, 4.69) is 25.1 Å². The van der Waals surface area contributed by atoms with Crippen molar-refractivity contribution in [3.63, 3.8) is 0 Å². The largest absolute Gasteiger partial charge is 0.462 e. The Morgan fingerprint density at radius 2 is 2.20 bits per heavy atom. The first-order chi connectivity index (χ1) is 14.3. The van der Waals surface area contributed by atoms with Gasteiger partial charge in [-0.1, -0.05) is 5.11 Å². The van der Waals surface area contributed by atoms with Crippen LogP contribution in [0, 0.1) is 6.92 Å². The minimum absolute atomic E-state index is 0.0381. The first-order valence-corrected chi connectivity index (χ1v) is 8.75. The van der Waals surface area contributed by atoms with Gasteiger partial charge in [-0.05, 0) is 12.5 Å². The Kier molecular flexibility index (Phi) is 5.80. The summed E-state index contributed by atoms with van der Waals surface area (Å²) < 4.78 is 18.5. The maximum absolute atomic E-state index is 12.7. The molecule has 30 heavy (non-hydrogen) atoms. The molecule has 3 rings (SSSR count). The molecule has 0 unspecified atom stereocenters. The zero-order valence-electron chi connectivity index (χ0n) is 16.3. The molecule has 0 N–H and O–H groups in total. The highest BCUT2D eigenvalue weighted by Crippen LogP contribution is 2.40. The molecule has 158 valence electrons. The molecule has 3 heterocycles. The van der Waals surface area contributed by atoms with Crippen LogP contribution in [0.5, 0.6) is 0 Å². The maximum atomic E-state index is 12.7. The fourth-order valence-electron chi connectivity index (χ4n) is 3.08. The molecule has 1 aliphatic heterocycles. The molecule has 1 saturated heterocycles. The van der Waals surface area contributed by atoms with E-state index in [0.29, 0.717) is 5.56 Å². The molecule has 2 aromatic rings. The van der Waals surface area contributed by atoms with Gasteiger partial charge < -0.3 is 14.2 Å². The van der Waals surface area contributed by atoms with Crippen molar-refractivity contribution in [2.24, 2.45) is 5.11 Å². The number of hydrogen-bond acceptors (Lipinski definition) is 10. The van der Waals surface area contributed by atoms with E-state index in [1.807, 2.05) is 0 Å². The Bertz CT molecular complexity index is 1060. The Hall–Kier alpha value is -3.77. The Morgan fingerprint density at radius 3 is 2.80 bits per heavy atom. The quantitative estimate of drug-likeness (QED) is 0.280. The summed E-state index contributed by atoms with van der Waals surface area (Å²) in [5.41, 5.74) is 7.07. The number of aromatic nitrogens is 5. The van der Waals surface area contributed by atoms with Gasteiger partial charge in [-0.3, -0.25) is 14.2 Å². The predicted octanol–water partition coefficient (Wildman–Crippen LogP) is 0.553. The zero-order chi connectivity index (χ0) is 21.9. The molecule has 14 heteroatoms. The minimum Gasteiger partial charge on any atom is -0.462 e. The number of carbonyl (C=O) groups excluding carboxylic acids is 2. The van der Waals surface area contributed by atoms with Crippen LogP contribution >= 0.6 is 0 Å². The third-order valence-corrected chi connectivity index (χ3v) is 4.32. The van der Waals surface area contributed by atoms with Crippen molar-refractivity contribution in [1.29, 1.82) is 0 Å². The SMILES string of the molecule is CC(=O)OC[C@@]1(N=[N+]=[N-])O[C@H](n2cc(C)c(-n3cncn3)nc2=O)C[C@@H]1OC(C)=O. The lowest BCUT2D eigenvalue weighted by atomic mass is 10.1. The van der Waals surface area contributed by atoms with Crippen molar-refractivity contribution in [2.45, 2.75) is 45.2 Å². The first-order valence-electron chi connectivity index (χ1n) is 8.75. The van der Waals surface area contributed by atoms with Crippen molar-refractivity contribution in [3.8, 4) is 5.82 Å². The summed E-state index contributed by atoms with van der Waals surface area (Å²) in [6.07, 6.45) is 2.05. The van der Waals surface area contributed by atoms with E-state index >= 15 is 0 Å². The second-order valence-electron chi connectivity index (χ2n) is 6.50. The lowest BCUT2D eigenvalue weighted by Crippen LogP contribution is -2.44. The highest BCUT2D eigenvalue weighted by atomic mass is 16.6. The van der Waals surface area contributed by atoms with Crippen LogP contribution in [0.1, 0.15) is 32.1 Å². The summed E-state index contributed by atoms with van der Waals surface area (Å²) in [5, 5.41) is 7.54. The van der Waals surface area contributed by atoms with Crippen LogP contribution in [0.4, 0.5) is 0 Å². The molecule has 14 nitrogen and oxygen atoms in total. The standard InChI is InChI=1S/C16H18N8O6/c1-9-5-23(15(27)20-14(9)24-8-18-7-19-24)13-4-12(29-11(3)26)16(30-13,21-22-17)6-28-10(2)25/h5,7-8,12-13H,4,6H2,1-3H3/t12-,13-,16+/m0/s1. The molecule has 1 aliphatic rings. The third-order valence-electron chi connectivity index (χ3n) is 4.32. The summed E-state index contributed by atoms with van der Waals surface area (Å²) >= 11 is 0. The van der Waals surface area contributed by atoms with Crippen LogP contribution < -0.4 is 5.69 Å². The summed E-state index contributed by atoms with van der Waals surface area (Å²) in [6, 6.07) is 0. The second-order valence-corrected chi connectivity index (χ2v) is 6.50. The van der Waals surface area contributed by atoms with E-state index in [0.717, 1.165) is 6.92 Å². The minimum atomic E-state index is -1.84. The van der Waals surface area contributed by atoms with Gasteiger partial charge in [0.1, 0.15) is 31.6 Å². The van der Waals surface area contributed by atoms with Crippen LogP contribution in [0.25, 0.3) is 16.3 Å². The second kappa shape index (κ2) is 8.31. The van der Waals surface area contributed by atoms with E-state index in [9.17, 15) is 14.4 Å². The molecular formula is C16H18N8O6. The van der Waals surface area contributed by atoms with Gasteiger partial charge in [-0.2, -0.15) is 10.1 Å². The van der Waals surface area contributed by atoms with Crippen LogP contribution in [0.3, 0.4) is 0 Å². The Labute approximate surface area is 169 Å². The fraction of sp³-hybridized carbons (Fsp3) is 0.500. The Balaban J connectivity index is 1.99. The van der Waals surface area contributed by atoms with Gasteiger partial charge in [0.15, 0.2) is 5.82 Å². The van der Waals surface area contributed by atoms with Crippen LogP contribution in [0.2, 0.25) is 0 Å². The molecule has 0 aromatic carbocycles. The van der Waals surface area contributed by atoms with Crippen molar-refractivity contribution in [2.75, 3.05) is 6.61 Å². The highest BCUT2D eigenvalue weighted by molar-refractivity contribution is 5.66. The average Bonchev–Trinajstić information content (AvgIpc) is 3.31. The number of esters is 2. The predicted molar refractivity (Wildman–Crippen MR) is 97.0 cm³/mol.